The Kier molecular flexibility index (Phi) is 41.3. The lowest BCUT2D eigenvalue weighted by Crippen LogP contribution is -2.64. The van der Waals surface area contributed by atoms with Crippen LogP contribution in [0.2, 0.25) is 0 Å². The summed E-state index contributed by atoms with van der Waals surface area (Å²) in [6.45, 7) is 8.50. The van der Waals surface area contributed by atoms with E-state index in [4.69, 9.17) is 37.9 Å². The number of unbranched alkanes of at least 4 members (excludes halogenated alkanes) is 3. The lowest BCUT2D eigenvalue weighted by atomic mass is 9.79. The normalized spacial score (nSPS) is 26.6. The highest BCUT2D eigenvalue weighted by molar-refractivity contribution is 5.80. The predicted molar refractivity (Wildman–Crippen MR) is 342 cm³/mol. The maximum atomic E-state index is 13.9. The molecule has 3 aliphatic rings. The van der Waals surface area contributed by atoms with Crippen LogP contribution in [0.15, 0.2) is 0 Å². The molecule has 33 nitrogen and oxygen atoms in total. The summed E-state index contributed by atoms with van der Waals surface area (Å²) < 4.78 is 47.1. The van der Waals surface area contributed by atoms with Crippen LogP contribution in [0, 0.1) is 11.8 Å². The van der Waals surface area contributed by atoms with E-state index in [0.717, 1.165) is 25.7 Å². The van der Waals surface area contributed by atoms with Gasteiger partial charge in [-0.1, -0.05) is 12.8 Å². The summed E-state index contributed by atoms with van der Waals surface area (Å²) in [5.41, 5.74) is -1.73. The first-order valence-corrected chi connectivity index (χ1v) is 33.6. The summed E-state index contributed by atoms with van der Waals surface area (Å²) in [5, 5.41) is 114. The predicted octanol–water partition coefficient (Wildman–Crippen LogP) is -4.55. The van der Waals surface area contributed by atoms with Gasteiger partial charge in [0, 0.05) is 124 Å². The van der Waals surface area contributed by atoms with Gasteiger partial charge in [0.15, 0.2) is 6.29 Å². The third kappa shape index (κ3) is 33.3. The van der Waals surface area contributed by atoms with Crippen molar-refractivity contribution in [1.29, 1.82) is 0 Å². The van der Waals surface area contributed by atoms with Crippen molar-refractivity contribution >= 4 is 47.3 Å². The van der Waals surface area contributed by atoms with Gasteiger partial charge in [-0.2, -0.15) is 0 Å². The quantitative estimate of drug-likeness (QED) is 0.0255. The number of carbonyl (C=O) groups excluding carboxylic acids is 8. The molecule has 0 aromatic heterocycles. The minimum absolute atomic E-state index is 0.0297. The van der Waals surface area contributed by atoms with Crippen LogP contribution < -0.4 is 42.5 Å². The van der Waals surface area contributed by atoms with Crippen molar-refractivity contribution in [2.24, 2.45) is 11.8 Å². The highest BCUT2D eigenvalue weighted by Gasteiger charge is 2.47. The highest BCUT2D eigenvalue weighted by atomic mass is 16.7. The Balaban J connectivity index is 1.68. The van der Waals surface area contributed by atoms with Crippen molar-refractivity contribution in [3.05, 3.63) is 0 Å². The Morgan fingerprint density at radius 3 is 1.22 bits per heavy atom. The number of hydrogen-bond donors (Lipinski definition) is 17. The molecule has 0 bridgehead atoms. The topological polar surface area (TPSA) is 489 Å². The number of carbonyl (C=O) groups is 8. The summed E-state index contributed by atoms with van der Waals surface area (Å²) in [5.74, 6) is -4.79. The highest BCUT2D eigenvalue weighted by Crippen LogP contribution is 2.30. The van der Waals surface area contributed by atoms with E-state index in [1.54, 1.807) is 0 Å². The molecule has 6 unspecified atom stereocenters. The zero-order chi connectivity index (χ0) is 71.2. The van der Waals surface area contributed by atoms with Crippen molar-refractivity contribution in [1.82, 2.24) is 42.5 Å². The van der Waals surface area contributed by atoms with Gasteiger partial charge in [0.25, 0.3) is 0 Å². The average Bonchev–Trinajstić information content (AvgIpc) is 0.832. The Morgan fingerprint density at radius 2 is 0.802 bits per heavy atom. The summed E-state index contributed by atoms with van der Waals surface area (Å²) in [7, 11) is 0. The van der Waals surface area contributed by atoms with Gasteiger partial charge in [0.05, 0.1) is 95.0 Å². The van der Waals surface area contributed by atoms with Crippen LogP contribution in [0.4, 0.5) is 0 Å². The molecule has 1 heterocycles. The van der Waals surface area contributed by atoms with Gasteiger partial charge in [0.2, 0.25) is 47.3 Å². The Labute approximate surface area is 562 Å². The minimum atomic E-state index is -1.51. The van der Waals surface area contributed by atoms with E-state index in [0.29, 0.717) is 26.0 Å². The fourth-order valence-corrected chi connectivity index (χ4v) is 11.1. The van der Waals surface area contributed by atoms with Crippen molar-refractivity contribution in [2.45, 2.75) is 228 Å². The Hall–Kier alpha value is -4.92. The molecule has 17 N–H and O–H groups in total. The molecule has 2 saturated carbocycles. The van der Waals surface area contributed by atoms with Crippen LogP contribution >= 0.6 is 0 Å². The average molecular weight is 1380 g/mol. The summed E-state index contributed by atoms with van der Waals surface area (Å²) in [6.07, 6.45) is -7.91. The zero-order valence-corrected chi connectivity index (χ0v) is 56.8. The van der Waals surface area contributed by atoms with Crippen molar-refractivity contribution < 1.29 is 122 Å². The number of nitrogens with one attached hydrogen (secondary N) is 8. The van der Waals surface area contributed by atoms with Crippen molar-refractivity contribution in [3.63, 3.8) is 0 Å². The molecule has 33 heteroatoms. The number of aliphatic hydroxyl groups is 9. The van der Waals surface area contributed by atoms with Crippen LogP contribution in [0.1, 0.15) is 138 Å². The van der Waals surface area contributed by atoms with E-state index >= 15 is 0 Å². The van der Waals surface area contributed by atoms with E-state index < -0.39 is 158 Å². The molecule has 0 spiro atoms. The van der Waals surface area contributed by atoms with Gasteiger partial charge >= 0.3 is 0 Å². The number of hydrogen-bond acceptors (Lipinski definition) is 25. The van der Waals surface area contributed by atoms with E-state index in [9.17, 15) is 84.3 Å². The Morgan fingerprint density at radius 1 is 0.417 bits per heavy atom. The largest absolute Gasteiger partial charge is 0.396 e. The van der Waals surface area contributed by atoms with Gasteiger partial charge in [-0.15, -0.1) is 0 Å². The number of aliphatic hydroxyl groups excluding tert-OH is 9. The standard InChI is InChI=1S/C63H114N8O25/c1-39(75)68-52-44(31-42(33-72)55(83)58(52)86)92-24-12-21-65-48(79)17-28-89-36-63(71-51(82)16-11-15-47(78)64-20-9-7-8-10-27-95-62(4,5)6,37-90-29-18-49(80)66-22-13-25-93-45-32-43(34-73)56(84)59(87)53(45)69-40(2)76)38-91-30-19-50(81)67-23-14-26-94-61-54(70-41(3)77)60(88)57(85)46(35-74)96-61/h42-46,52-61,72-74,83-88H,7-38H2,1-6H3,(H,64,78)(H,65,79)(H,66,80)(H,67,81)(H,68,75)(H,69,76)(H,70,77)(H,71,82)/t42?,43?,44-,45-,46?,52?,53?,54?,55+,56+,57+,58-,59-,60-,61-,63?/m1/s1. The van der Waals surface area contributed by atoms with Crippen molar-refractivity contribution in [3.8, 4) is 0 Å². The summed E-state index contributed by atoms with van der Waals surface area (Å²) in [4.78, 5) is 102. The van der Waals surface area contributed by atoms with Crippen LogP contribution in [0.25, 0.3) is 0 Å². The van der Waals surface area contributed by atoms with E-state index in [-0.39, 0.29) is 148 Å². The monoisotopic (exact) mass is 1380 g/mol. The van der Waals surface area contributed by atoms with E-state index in [1.165, 1.54) is 20.8 Å². The van der Waals surface area contributed by atoms with Crippen LogP contribution in [-0.4, -0.2) is 296 Å². The molecule has 3 rings (SSSR count). The number of amides is 8. The summed E-state index contributed by atoms with van der Waals surface area (Å²) >= 11 is 0. The molecule has 3 fully saturated rings. The lowest BCUT2D eigenvalue weighted by molar-refractivity contribution is -0.270. The Bertz CT molecular complexity index is 2100. The molecule has 2 aliphatic carbocycles. The minimum Gasteiger partial charge on any atom is -0.396 e. The fraction of sp³-hybridized carbons (Fsp3) is 0.873. The molecule has 15 atom stereocenters. The van der Waals surface area contributed by atoms with E-state index in [2.05, 4.69) is 42.5 Å². The SMILES string of the molecule is CC(=O)NC1[C@H](OCCCNC(=O)CCOCC(COCCC(=O)NCCCO[C@@H]2CC(CO)[C@H](O)[C@H](O)C2NC(C)=O)(COCCC(=O)NCCCO[C@@H]2CC(CO)[C@H](O)[C@H](O)C2NC(C)=O)NC(=O)CCCC(=O)NCCCCCCOC(C)(C)C)OC(CO)[C@H](O)[C@@H]1O. The first-order valence-electron chi connectivity index (χ1n) is 33.6. The van der Waals surface area contributed by atoms with Gasteiger partial charge in [-0.25, -0.2) is 0 Å². The second kappa shape index (κ2) is 46.4. The molecular weight excluding hydrogens is 1270 g/mol. The maximum absolute atomic E-state index is 13.9. The lowest BCUT2D eigenvalue weighted by Gasteiger charge is -2.42. The van der Waals surface area contributed by atoms with E-state index in [1.807, 2.05) is 20.8 Å². The first kappa shape index (κ1) is 85.3. The second-order valence-electron chi connectivity index (χ2n) is 25.8. The van der Waals surface area contributed by atoms with Crippen LogP contribution in [-0.2, 0) is 76.3 Å². The molecule has 96 heavy (non-hydrogen) atoms. The molecule has 0 aromatic rings. The van der Waals surface area contributed by atoms with Gasteiger partial charge in [0.1, 0.15) is 42.1 Å². The molecular formula is C63H114N8O25. The number of rotatable bonds is 48. The fourth-order valence-electron chi connectivity index (χ4n) is 11.1. The molecule has 8 amide bonds. The van der Waals surface area contributed by atoms with Gasteiger partial charge in [-0.05, 0) is 72.1 Å². The first-order chi connectivity index (χ1) is 45.6. The third-order valence-electron chi connectivity index (χ3n) is 16.3. The molecule has 1 aliphatic heterocycles. The number of ether oxygens (including phenoxy) is 8. The zero-order valence-electron chi connectivity index (χ0n) is 56.8. The van der Waals surface area contributed by atoms with Crippen molar-refractivity contribution in [2.75, 3.05) is 112 Å². The molecule has 1 saturated heterocycles. The van der Waals surface area contributed by atoms with Crippen LogP contribution in [0.5, 0.6) is 0 Å². The van der Waals surface area contributed by atoms with Crippen LogP contribution in [0.3, 0.4) is 0 Å². The molecule has 0 radical (unpaired) electrons. The summed E-state index contributed by atoms with van der Waals surface area (Å²) in [6, 6.07) is -3.01. The third-order valence-corrected chi connectivity index (χ3v) is 16.3. The maximum Gasteiger partial charge on any atom is 0.222 e. The molecule has 0 aromatic carbocycles. The van der Waals surface area contributed by atoms with Gasteiger partial charge in [-0.3, -0.25) is 38.4 Å². The van der Waals surface area contributed by atoms with Gasteiger partial charge < -0.3 is 126 Å². The second-order valence-corrected chi connectivity index (χ2v) is 25.8. The molecule has 556 valence electrons. The smallest absolute Gasteiger partial charge is 0.222 e.